The number of hydrogen-bond acceptors (Lipinski definition) is 3. The lowest BCUT2D eigenvalue weighted by molar-refractivity contribution is 0.595. The third-order valence-electron chi connectivity index (χ3n) is 2.00. The molecule has 0 atom stereocenters. The molecule has 2 N–H and O–H groups in total. The number of halogens is 1. The topological polar surface area (TPSA) is 37.0 Å². The average Bonchev–Trinajstić information content (AvgIpc) is 2.23. The fourth-order valence-corrected chi connectivity index (χ4v) is 1.26. The summed E-state index contributed by atoms with van der Waals surface area (Å²) >= 11 is 0. The Hall–Kier alpha value is -1.00. The van der Waals surface area contributed by atoms with E-state index in [1.165, 1.54) is 12.3 Å². The van der Waals surface area contributed by atoms with E-state index >= 15 is 0 Å². The van der Waals surface area contributed by atoms with Crippen LogP contribution in [0.3, 0.4) is 0 Å². The Labute approximate surface area is 90.1 Å². The van der Waals surface area contributed by atoms with E-state index in [1.807, 2.05) is 0 Å². The van der Waals surface area contributed by atoms with Crippen LogP contribution in [0.5, 0.6) is 0 Å². The van der Waals surface area contributed by atoms with Crippen molar-refractivity contribution in [1.82, 2.24) is 15.6 Å². The molecule has 0 aliphatic rings. The Kier molecular flexibility index (Phi) is 5.88. The molecule has 0 fully saturated rings. The normalized spacial score (nSPS) is 10.5. The molecule has 0 aromatic carbocycles. The molecule has 0 saturated carbocycles. The van der Waals surface area contributed by atoms with E-state index in [1.54, 1.807) is 6.20 Å². The van der Waals surface area contributed by atoms with Gasteiger partial charge in [0, 0.05) is 25.8 Å². The summed E-state index contributed by atoms with van der Waals surface area (Å²) < 4.78 is 12.7. The summed E-state index contributed by atoms with van der Waals surface area (Å²) in [6.45, 7) is 5.67. The quantitative estimate of drug-likeness (QED) is 0.668. The van der Waals surface area contributed by atoms with E-state index in [9.17, 15) is 4.39 Å². The Morgan fingerprint density at radius 1 is 1.20 bits per heavy atom. The van der Waals surface area contributed by atoms with Gasteiger partial charge in [0.15, 0.2) is 0 Å². The molecule has 84 valence electrons. The van der Waals surface area contributed by atoms with Gasteiger partial charge in [-0.05, 0) is 24.6 Å². The summed E-state index contributed by atoms with van der Waals surface area (Å²) in [6.07, 6.45) is 4.04. The van der Waals surface area contributed by atoms with E-state index in [-0.39, 0.29) is 5.82 Å². The molecule has 15 heavy (non-hydrogen) atoms. The van der Waals surface area contributed by atoms with Crippen LogP contribution in [-0.4, -0.2) is 24.6 Å². The first-order valence-electron chi connectivity index (χ1n) is 5.33. The molecule has 0 aliphatic carbocycles. The lowest BCUT2D eigenvalue weighted by Crippen LogP contribution is -2.27. The maximum atomic E-state index is 12.7. The van der Waals surface area contributed by atoms with Crippen LogP contribution in [0.2, 0.25) is 0 Å². The Morgan fingerprint density at radius 3 is 2.73 bits per heavy atom. The Balaban J connectivity index is 2.10. The molecular formula is C11H18FN3. The number of hydrogen-bond donors (Lipinski definition) is 2. The van der Waals surface area contributed by atoms with Crippen LogP contribution in [0, 0.1) is 5.82 Å². The molecule has 0 aliphatic heterocycles. The number of rotatable bonds is 7. The minimum absolute atomic E-state index is 0.279. The van der Waals surface area contributed by atoms with Crippen molar-refractivity contribution in [2.75, 3.05) is 19.6 Å². The third-order valence-corrected chi connectivity index (χ3v) is 2.00. The van der Waals surface area contributed by atoms with Gasteiger partial charge in [-0.25, -0.2) is 4.39 Å². The van der Waals surface area contributed by atoms with Crippen molar-refractivity contribution in [2.24, 2.45) is 0 Å². The number of pyridine rings is 1. The molecule has 0 radical (unpaired) electrons. The van der Waals surface area contributed by atoms with Crippen LogP contribution in [0.4, 0.5) is 4.39 Å². The summed E-state index contributed by atoms with van der Waals surface area (Å²) in [5.41, 5.74) is 0.880. The SMILES string of the molecule is CCCNCCNCc1cncc(F)c1. The van der Waals surface area contributed by atoms with Crippen LogP contribution < -0.4 is 10.6 Å². The van der Waals surface area contributed by atoms with Crippen molar-refractivity contribution in [1.29, 1.82) is 0 Å². The smallest absolute Gasteiger partial charge is 0.141 e. The van der Waals surface area contributed by atoms with Crippen molar-refractivity contribution >= 4 is 0 Å². The van der Waals surface area contributed by atoms with Gasteiger partial charge in [0.1, 0.15) is 5.82 Å². The lowest BCUT2D eigenvalue weighted by atomic mass is 10.3. The second-order valence-corrected chi connectivity index (χ2v) is 3.44. The van der Waals surface area contributed by atoms with Gasteiger partial charge in [-0.1, -0.05) is 6.92 Å². The fourth-order valence-electron chi connectivity index (χ4n) is 1.26. The summed E-state index contributed by atoms with van der Waals surface area (Å²) in [4.78, 5) is 3.78. The van der Waals surface area contributed by atoms with Crippen molar-refractivity contribution in [3.63, 3.8) is 0 Å². The standard InChI is InChI=1S/C11H18FN3/c1-2-3-13-4-5-14-7-10-6-11(12)9-15-8-10/h6,8-9,13-14H,2-5,7H2,1H3. The van der Waals surface area contributed by atoms with Crippen molar-refractivity contribution < 1.29 is 4.39 Å². The molecule has 1 aromatic heterocycles. The molecule has 0 spiro atoms. The highest BCUT2D eigenvalue weighted by Gasteiger charge is 1.95. The van der Waals surface area contributed by atoms with Gasteiger partial charge >= 0.3 is 0 Å². The zero-order valence-electron chi connectivity index (χ0n) is 9.09. The molecule has 0 unspecified atom stereocenters. The van der Waals surface area contributed by atoms with E-state index in [0.29, 0.717) is 6.54 Å². The summed E-state index contributed by atoms with van der Waals surface area (Å²) in [6, 6.07) is 1.50. The summed E-state index contributed by atoms with van der Waals surface area (Å²) in [5.74, 6) is -0.279. The van der Waals surface area contributed by atoms with Gasteiger partial charge in [0.05, 0.1) is 6.20 Å². The van der Waals surface area contributed by atoms with Crippen LogP contribution in [0.25, 0.3) is 0 Å². The van der Waals surface area contributed by atoms with E-state index in [2.05, 4.69) is 22.5 Å². The second kappa shape index (κ2) is 7.31. The van der Waals surface area contributed by atoms with Crippen LogP contribution >= 0.6 is 0 Å². The fraction of sp³-hybridized carbons (Fsp3) is 0.545. The van der Waals surface area contributed by atoms with Crippen molar-refractivity contribution in [3.8, 4) is 0 Å². The van der Waals surface area contributed by atoms with Crippen molar-refractivity contribution in [3.05, 3.63) is 29.8 Å². The number of nitrogens with zero attached hydrogens (tertiary/aromatic N) is 1. The second-order valence-electron chi connectivity index (χ2n) is 3.44. The molecular weight excluding hydrogens is 193 g/mol. The average molecular weight is 211 g/mol. The third kappa shape index (κ3) is 5.44. The minimum Gasteiger partial charge on any atom is -0.315 e. The number of aromatic nitrogens is 1. The highest BCUT2D eigenvalue weighted by molar-refractivity contribution is 5.09. The number of nitrogens with one attached hydrogen (secondary N) is 2. The first kappa shape index (κ1) is 12.1. The van der Waals surface area contributed by atoms with Crippen molar-refractivity contribution in [2.45, 2.75) is 19.9 Å². The minimum atomic E-state index is -0.279. The molecule has 0 amide bonds. The van der Waals surface area contributed by atoms with Gasteiger partial charge in [-0.15, -0.1) is 0 Å². The van der Waals surface area contributed by atoms with Gasteiger partial charge in [-0.2, -0.15) is 0 Å². The molecule has 4 heteroatoms. The highest BCUT2D eigenvalue weighted by Crippen LogP contribution is 1.99. The van der Waals surface area contributed by atoms with E-state index in [4.69, 9.17) is 0 Å². The monoisotopic (exact) mass is 211 g/mol. The molecule has 1 rings (SSSR count). The maximum Gasteiger partial charge on any atom is 0.141 e. The molecule has 1 aromatic rings. The van der Waals surface area contributed by atoms with Gasteiger partial charge in [-0.3, -0.25) is 4.98 Å². The molecule has 3 nitrogen and oxygen atoms in total. The summed E-state index contributed by atoms with van der Waals surface area (Å²) in [7, 11) is 0. The molecule has 0 bridgehead atoms. The Bertz CT molecular complexity index is 278. The maximum absolute atomic E-state index is 12.7. The predicted molar refractivity (Wildman–Crippen MR) is 59.1 cm³/mol. The largest absolute Gasteiger partial charge is 0.315 e. The zero-order valence-corrected chi connectivity index (χ0v) is 9.09. The van der Waals surface area contributed by atoms with E-state index < -0.39 is 0 Å². The summed E-state index contributed by atoms with van der Waals surface area (Å²) in [5, 5.41) is 6.50. The van der Waals surface area contributed by atoms with Gasteiger partial charge in [0.2, 0.25) is 0 Å². The van der Waals surface area contributed by atoms with Gasteiger partial charge < -0.3 is 10.6 Å². The Morgan fingerprint density at radius 2 is 2.00 bits per heavy atom. The molecule has 0 saturated heterocycles. The highest BCUT2D eigenvalue weighted by atomic mass is 19.1. The first-order chi connectivity index (χ1) is 7.33. The van der Waals surface area contributed by atoms with E-state index in [0.717, 1.165) is 31.6 Å². The molecule has 1 heterocycles. The first-order valence-corrected chi connectivity index (χ1v) is 5.33. The zero-order chi connectivity index (χ0) is 10.9. The predicted octanol–water partition coefficient (Wildman–Crippen LogP) is 1.31. The van der Waals surface area contributed by atoms with Crippen LogP contribution in [0.15, 0.2) is 18.5 Å². The van der Waals surface area contributed by atoms with Gasteiger partial charge in [0.25, 0.3) is 0 Å². The lowest BCUT2D eigenvalue weighted by Gasteiger charge is -2.05. The van der Waals surface area contributed by atoms with Crippen LogP contribution in [-0.2, 0) is 6.54 Å². The van der Waals surface area contributed by atoms with Crippen LogP contribution in [0.1, 0.15) is 18.9 Å².